The summed E-state index contributed by atoms with van der Waals surface area (Å²) in [5.74, 6) is -1.93. The fourth-order valence-corrected chi connectivity index (χ4v) is 6.49. The Bertz CT molecular complexity index is 1540. The highest BCUT2D eigenvalue weighted by atomic mass is 35.5. The molecule has 44 heavy (non-hydrogen) atoms. The summed E-state index contributed by atoms with van der Waals surface area (Å²) >= 11 is 0. The van der Waals surface area contributed by atoms with Gasteiger partial charge in [-0.05, 0) is 92.9 Å². The number of aliphatic imine (C=N–C) groups is 1. The Labute approximate surface area is 264 Å². The van der Waals surface area contributed by atoms with Crippen LogP contribution < -0.4 is 10.6 Å². The largest absolute Gasteiger partial charge is 0.481 e. The molecule has 5 N–H and O–H groups in total. The highest BCUT2D eigenvalue weighted by molar-refractivity contribution is 6.07. The number of aromatic nitrogens is 1. The van der Waals surface area contributed by atoms with Gasteiger partial charge in [-0.25, -0.2) is 0 Å². The van der Waals surface area contributed by atoms with Crippen LogP contribution in [0.4, 0.5) is 0 Å². The zero-order valence-corrected chi connectivity index (χ0v) is 27.1. The third-order valence-corrected chi connectivity index (χ3v) is 9.09. The highest BCUT2D eigenvalue weighted by Crippen LogP contribution is 2.35. The number of halogens is 1. The number of aliphatic carboxylic acids is 2. The predicted octanol–water partition coefficient (Wildman–Crippen LogP) is 5.12. The second kappa shape index (κ2) is 14.2. The molecule has 4 heterocycles. The van der Waals surface area contributed by atoms with Crippen molar-refractivity contribution in [1.82, 2.24) is 15.6 Å². The van der Waals surface area contributed by atoms with Crippen molar-refractivity contribution in [3.8, 4) is 0 Å². The summed E-state index contributed by atoms with van der Waals surface area (Å²) in [6.07, 6.45) is 4.84. The molecule has 2 atom stereocenters. The molecular formula is C33H43ClN4O6. The number of carboxylic acid groups (broad SMARTS) is 2. The van der Waals surface area contributed by atoms with E-state index in [1.54, 1.807) is 0 Å². The molecule has 10 nitrogen and oxygen atoms in total. The number of nitrogens with one attached hydrogen (secondary N) is 3. The number of nitrogens with zero attached hydrogens (tertiary/aromatic N) is 1. The van der Waals surface area contributed by atoms with Crippen molar-refractivity contribution in [2.45, 2.75) is 105 Å². The normalized spacial score (nSPS) is 20.9. The van der Waals surface area contributed by atoms with Crippen molar-refractivity contribution >= 4 is 47.9 Å². The molecule has 0 radical (unpaired) electrons. The molecule has 11 heteroatoms. The quantitative estimate of drug-likeness (QED) is 0.204. The lowest BCUT2D eigenvalue weighted by molar-refractivity contribution is -0.138. The van der Waals surface area contributed by atoms with Crippen LogP contribution in [0.2, 0.25) is 0 Å². The first kappa shape index (κ1) is 34.6. The molecule has 0 saturated heterocycles. The van der Waals surface area contributed by atoms with Gasteiger partial charge >= 0.3 is 11.9 Å². The predicted molar refractivity (Wildman–Crippen MR) is 172 cm³/mol. The van der Waals surface area contributed by atoms with Gasteiger partial charge in [0.1, 0.15) is 0 Å². The molecule has 1 aromatic heterocycles. The van der Waals surface area contributed by atoms with E-state index in [9.17, 15) is 29.4 Å². The molecule has 0 bridgehead atoms. The lowest BCUT2D eigenvalue weighted by Gasteiger charge is -2.14. The average Bonchev–Trinajstić information content (AvgIpc) is 3.59. The maximum Gasteiger partial charge on any atom is 0.303 e. The smallest absolute Gasteiger partial charge is 0.303 e. The maximum atomic E-state index is 12.4. The first-order chi connectivity index (χ1) is 20.4. The van der Waals surface area contributed by atoms with Gasteiger partial charge in [-0.1, -0.05) is 13.8 Å². The summed E-state index contributed by atoms with van der Waals surface area (Å²) in [7, 11) is 0. The molecule has 4 rings (SSSR count). The number of carbonyl (C=O) groups is 4. The van der Waals surface area contributed by atoms with E-state index in [1.165, 1.54) is 0 Å². The van der Waals surface area contributed by atoms with Gasteiger partial charge in [-0.15, -0.1) is 12.4 Å². The van der Waals surface area contributed by atoms with Crippen molar-refractivity contribution in [1.29, 1.82) is 0 Å². The first-order valence-corrected chi connectivity index (χ1v) is 15.0. The Morgan fingerprint density at radius 1 is 0.841 bits per heavy atom. The number of carbonyl (C=O) groups excluding carboxylic acids is 2. The first-order valence-electron chi connectivity index (χ1n) is 15.0. The summed E-state index contributed by atoms with van der Waals surface area (Å²) in [6, 6.07) is -0.314. The number of aromatic amines is 1. The summed E-state index contributed by atoms with van der Waals surface area (Å²) in [5.41, 5.74) is 10.2. The van der Waals surface area contributed by atoms with E-state index in [0.29, 0.717) is 37.8 Å². The fraction of sp³-hybridized carbons (Fsp3) is 0.485. The summed E-state index contributed by atoms with van der Waals surface area (Å²) < 4.78 is 0. The molecule has 0 fully saturated rings. The molecule has 0 aromatic carbocycles. The van der Waals surface area contributed by atoms with Crippen molar-refractivity contribution in [3.05, 3.63) is 61.7 Å². The van der Waals surface area contributed by atoms with Gasteiger partial charge in [0.25, 0.3) is 0 Å². The van der Waals surface area contributed by atoms with Gasteiger partial charge in [-0.3, -0.25) is 24.2 Å². The number of carboxylic acids is 2. The van der Waals surface area contributed by atoms with Crippen molar-refractivity contribution in [3.63, 3.8) is 0 Å². The SMILES string of the molecule is CCC1=C(C)[C@H](CC2=N/C(=C\c3[nH]c(C[C@@H]4NC(=O)C(C)=C4CC)c(C)c3CCC(=O)O)C(CCC(=O)O)=C2C)NC1=O.Cl. The van der Waals surface area contributed by atoms with E-state index in [4.69, 9.17) is 4.99 Å². The van der Waals surface area contributed by atoms with Crippen molar-refractivity contribution in [2.24, 2.45) is 4.99 Å². The second-order valence-electron chi connectivity index (χ2n) is 11.6. The van der Waals surface area contributed by atoms with Gasteiger partial charge < -0.3 is 25.8 Å². The number of hydrogen-bond acceptors (Lipinski definition) is 5. The van der Waals surface area contributed by atoms with Gasteiger partial charge in [0, 0.05) is 53.9 Å². The average molecular weight is 627 g/mol. The Morgan fingerprint density at radius 3 is 2.07 bits per heavy atom. The van der Waals surface area contributed by atoms with E-state index < -0.39 is 11.9 Å². The van der Waals surface area contributed by atoms with Crippen LogP contribution in [-0.2, 0) is 32.0 Å². The molecule has 3 aliphatic heterocycles. The minimum Gasteiger partial charge on any atom is -0.481 e. The van der Waals surface area contributed by atoms with E-state index in [-0.39, 0.29) is 49.1 Å². The van der Waals surface area contributed by atoms with Crippen molar-refractivity contribution < 1.29 is 29.4 Å². The van der Waals surface area contributed by atoms with E-state index in [0.717, 1.165) is 68.1 Å². The third-order valence-electron chi connectivity index (χ3n) is 9.09. The van der Waals surface area contributed by atoms with E-state index >= 15 is 0 Å². The van der Waals surface area contributed by atoms with Crippen LogP contribution in [-0.4, -0.2) is 56.7 Å². The van der Waals surface area contributed by atoms with Gasteiger partial charge in [0.05, 0.1) is 17.8 Å². The lowest BCUT2D eigenvalue weighted by Crippen LogP contribution is -2.31. The standard InChI is InChI=1S/C33H42N4O6.ClH/c1-7-20-19(6)32(42)37-27(20)14-25-18(5)23(10-12-31(40)41)29(35-25)15-28-22(9-11-30(38)39)17(4)24(34-28)13-26-16(3)21(8-2)33(43)36-26;/h15,26-27,35H,7-14H2,1-6H3,(H,36,43)(H,37,42)(H,38,39)(H,40,41);1H/b28-15-;/t26-,27-;/m0./s1. The molecule has 0 saturated carbocycles. The van der Waals surface area contributed by atoms with E-state index in [2.05, 4.69) is 15.6 Å². The van der Waals surface area contributed by atoms with Crippen LogP contribution in [0.5, 0.6) is 0 Å². The minimum atomic E-state index is -0.906. The Morgan fingerprint density at radius 2 is 1.48 bits per heavy atom. The van der Waals surface area contributed by atoms with Crippen LogP contribution in [0.3, 0.4) is 0 Å². The fourth-order valence-electron chi connectivity index (χ4n) is 6.49. The zero-order valence-electron chi connectivity index (χ0n) is 26.3. The Kier molecular flexibility index (Phi) is 11.2. The molecule has 0 spiro atoms. The van der Waals surface area contributed by atoms with Crippen LogP contribution in [0.1, 0.15) is 95.7 Å². The Balaban J connectivity index is 0.00000529. The molecule has 3 aliphatic rings. The third kappa shape index (κ3) is 7.07. The molecular weight excluding hydrogens is 584 g/mol. The summed E-state index contributed by atoms with van der Waals surface area (Å²) in [6.45, 7) is 11.7. The lowest BCUT2D eigenvalue weighted by atomic mass is 9.95. The summed E-state index contributed by atoms with van der Waals surface area (Å²) in [4.78, 5) is 56.3. The van der Waals surface area contributed by atoms with Crippen LogP contribution in [0, 0.1) is 6.92 Å². The molecule has 1 aromatic rings. The van der Waals surface area contributed by atoms with Crippen LogP contribution in [0.15, 0.2) is 44.1 Å². The molecule has 2 amide bonds. The van der Waals surface area contributed by atoms with Crippen LogP contribution in [0.25, 0.3) is 6.08 Å². The topological polar surface area (TPSA) is 161 Å². The Hall–Kier alpha value is -3.92. The van der Waals surface area contributed by atoms with Gasteiger partial charge in [0.15, 0.2) is 0 Å². The number of hydrogen-bond donors (Lipinski definition) is 5. The number of amides is 2. The van der Waals surface area contributed by atoms with Gasteiger partial charge in [-0.2, -0.15) is 0 Å². The molecule has 0 aliphatic carbocycles. The van der Waals surface area contributed by atoms with Gasteiger partial charge in [0.2, 0.25) is 11.8 Å². The zero-order chi connectivity index (χ0) is 31.6. The molecule has 238 valence electrons. The highest BCUT2D eigenvalue weighted by Gasteiger charge is 2.32. The van der Waals surface area contributed by atoms with E-state index in [1.807, 2.05) is 47.6 Å². The monoisotopic (exact) mass is 626 g/mol. The number of rotatable bonds is 13. The van der Waals surface area contributed by atoms with Crippen LogP contribution >= 0.6 is 12.4 Å². The summed E-state index contributed by atoms with van der Waals surface area (Å²) in [5, 5.41) is 25.0. The maximum absolute atomic E-state index is 12.4. The minimum absolute atomic E-state index is 0. The number of H-pyrrole nitrogens is 1. The second-order valence-corrected chi connectivity index (χ2v) is 11.6. The number of allylic oxidation sites excluding steroid dienone is 2. The molecule has 0 unspecified atom stereocenters. The van der Waals surface area contributed by atoms with Crippen molar-refractivity contribution in [2.75, 3.05) is 0 Å².